The molecule has 0 saturated heterocycles. The third-order valence-corrected chi connectivity index (χ3v) is 4.25. The molecule has 0 radical (unpaired) electrons. The van der Waals surface area contributed by atoms with Crippen LogP contribution in [-0.4, -0.2) is 10.9 Å². The molecule has 0 aliphatic carbocycles. The number of rotatable bonds is 2. The lowest BCUT2D eigenvalue weighted by molar-refractivity contribution is 0.102. The topological polar surface area (TPSA) is 68.0 Å². The summed E-state index contributed by atoms with van der Waals surface area (Å²) in [5.74, 6) is -0.284. The van der Waals surface area contributed by atoms with Crippen molar-refractivity contribution in [2.24, 2.45) is 0 Å². The summed E-state index contributed by atoms with van der Waals surface area (Å²) in [7, 11) is 0. The predicted octanol–water partition coefficient (Wildman–Crippen LogP) is 4.09. The molecule has 0 bridgehead atoms. The molecule has 6 heteroatoms. The van der Waals surface area contributed by atoms with Crippen LogP contribution < -0.4 is 11.1 Å². The van der Waals surface area contributed by atoms with Crippen LogP contribution in [0.5, 0.6) is 0 Å². The SMILES string of the molecule is Cc1nc2ccc(NC(=O)c3cc(N)ccc3Cl)cc2s1. The number of nitrogens with two attached hydrogens (primary N) is 1. The Kier molecular flexibility index (Phi) is 3.53. The monoisotopic (exact) mass is 317 g/mol. The molecule has 0 saturated carbocycles. The maximum Gasteiger partial charge on any atom is 0.257 e. The van der Waals surface area contributed by atoms with E-state index >= 15 is 0 Å². The highest BCUT2D eigenvalue weighted by Crippen LogP contribution is 2.26. The van der Waals surface area contributed by atoms with Crippen molar-refractivity contribution in [2.45, 2.75) is 6.92 Å². The van der Waals surface area contributed by atoms with Crippen molar-refractivity contribution in [3.8, 4) is 0 Å². The molecule has 3 aromatic rings. The normalized spacial score (nSPS) is 10.8. The molecule has 1 heterocycles. The zero-order valence-electron chi connectivity index (χ0n) is 11.2. The van der Waals surface area contributed by atoms with E-state index in [1.807, 2.05) is 25.1 Å². The molecule has 4 nitrogen and oxygen atoms in total. The van der Waals surface area contributed by atoms with E-state index in [0.717, 1.165) is 15.2 Å². The Morgan fingerprint density at radius 3 is 2.90 bits per heavy atom. The first-order chi connectivity index (χ1) is 10.0. The van der Waals surface area contributed by atoms with Crippen molar-refractivity contribution in [3.63, 3.8) is 0 Å². The minimum absolute atomic E-state index is 0.284. The number of hydrogen-bond acceptors (Lipinski definition) is 4. The fourth-order valence-electron chi connectivity index (χ4n) is 2.03. The van der Waals surface area contributed by atoms with Gasteiger partial charge in [0.05, 0.1) is 25.8 Å². The fourth-order valence-corrected chi connectivity index (χ4v) is 3.10. The van der Waals surface area contributed by atoms with Crippen LogP contribution in [0.3, 0.4) is 0 Å². The third-order valence-electron chi connectivity index (χ3n) is 2.99. The van der Waals surface area contributed by atoms with Gasteiger partial charge in [0.2, 0.25) is 0 Å². The Bertz CT molecular complexity index is 844. The van der Waals surface area contributed by atoms with Gasteiger partial charge in [0, 0.05) is 11.4 Å². The van der Waals surface area contributed by atoms with Gasteiger partial charge in [-0.25, -0.2) is 4.98 Å². The molecule has 0 fully saturated rings. The number of halogens is 1. The minimum atomic E-state index is -0.284. The van der Waals surface area contributed by atoms with Crippen LogP contribution in [0.2, 0.25) is 5.02 Å². The van der Waals surface area contributed by atoms with Crippen LogP contribution in [0.1, 0.15) is 15.4 Å². The molecule has 0 aliphatic heterocycles. The standard InChI is InChI=1S/C15H12ClN3OS/c1-8-18-13-5-3-10(7-14(13)21-8)19-15(20)11-6-9(17)2-4-12(11)16/h2-7H,17H2,1H3,(H,19,20). The number of nitrogens with one attached hydrogen (secondary N) is 1. The highest BCUT2D eigenvalue weighted by atomic mass is 35.5. The van der Waals surface area contributed by atoms with Gasteiger partial charge in [0.25, 0.3) is 5.91 Å². The summed E-state index contributed by atoms with van der Waals surface area (Å²) < 4.78 is 1.03. The molecule has 3 rings (SSSR count). The average Bonchev–Trinajstić information content (AvgIpc) is 2.80. The van der Waals surface area contributed by atoms with Gasteiger partial charge in [0.15, 0.2) is 0 Å². The summed E-state index contributed by atoms with van der Waals surface area (Å²) in [6.07, 6.45) is 0. The second-order valence-corrected chi connectivity index (χ2v) is 6.25. The number of aryl methyl sites for hydroxylation is 1. The second-order valence-electron chi connectivity index (χ2n) is 4.61. The second kappa shape index (κ2) is 5.35. The number of fused-ring (bicyclic) bond motifs is 1. The average molecular weight is 318 g/mol. The van der Waals surface area contributed by atoms with Gasteiger partial charge in [-0.1, -0.05) is 11.6 Å². The van der Waals surface area contributed by atoms with E-state index in [2.05, 4.69) is 10.3 Å². The van der Waals surface area contributed by atoms with Gasteiger partial charge >= 0.3 is 0 Å². The van der Waals surface area contributed by atoms with E-state index in [1.165, 1.54) is 0 Å². The first kappa shape index (κ1) is 13.9. The highest BCUT2D eigenvalue weighted by Gasteiger charge is 2.11. The number of carbonyl (C=O) groups excluding carboxylic acids is 1. The number of benzene rings is 2. The van der Waals surface area contributed by atoms with Crippen molar-refractivity contribution in [3.05, 3.63) is 52.0 Å². The summed E-state index contributed by atoms with van der Waals surface area (Å²) in [6.45, 7) is 1.95. The Morgan fingerprint density at radius 1 is 1.29 bits per heavy atom. The Morgan fingerprint density at radius 2 is 2.10 bits per heavy atom. The largest absolute Gasteiger partial charge is 0.399 e. The van der Waals surface area contributed by atoms with Crippen molar-refractivity contribution < 1.29 is 4.79 Å². The molecule has 0 unspecified atom stereocenters. The van der Waals surface area contributed by atoms with E-state index < -0.39 is 0 Å². The summed E-state index contributed by atoms with van der Waals surface area (Å²) in [5.41, 5.74) is 8.18. The van der Waals surface area contributed by atoms with Crippen molar-refractivity contribution >= 4 is 50.4 Å². The smallest absolute Gasteiger partial charge is 0.257 e. The Labute approximate surface area is 130 Å². The lowest BCUT2D eigenvalue weighted by Crippen LogP contribution is -2.12. The summed E-state index contributed by atoms with van der Waals surface area (Å²) >= 11 is 7.62. The Hall–Kier alpha value is -2.11. The van der Waals surface area contributed by atoms with Gasteiger partial charge in [-0.15, -0.1) is 11.3 Å². The number of nitrogens with zero attached hydrogens (tertiary/aromatic N) is 1. The zero-order valence-corrected chi connectivity index (χ0v) is 12.8. The van der Waals surface area contributed by atoms with Crippen LogP contribution in [0, 0.1) is 6.92 Å². The van der Waals surface area contributed by atoms with Crippen LogP contribution in [0.25, 0.3) is 10.2 Å². The molecule has 1 amide bonds. The van der Waals surface area contributed by atoms with E-state index in [1.54, 1.807) is 29.5 Å². The first-order valence-corrected chi connectivity index (χ1v) is 7.46. The predicted molar refractivity (Wildman–Crippen MR) is 88.2 cm³/mol. The molecule has 0 aliphatic rings. The number of carbonyl (C=O) groups is 1. The number of aromatic nitrogens is 1. The third kappa shape index (κ3) is 2.84. The van der Waals surface area contributed by atoms with E-state index in [9.17, 15) is 4.79 Å². The number of nitrogen functional groups attached to an aromatic ring is 1. The van der Waals surface area contributed by atoms with Gasteiger partial charge in [0.1, 0.15) is 0 Å². The summed E-state index contributed by atoms with van der Waals surface area (Å²) in [6, 6.07) is 10.4. The molecule has 106 valence electrons. The molecule has 3 N–H and O–H groups in total. The highest BCUT2D eigenvalue weighted by molar-refractivity contribution is 7.18. The van der Waals surface area contributed by atoms with Gasteiger partial charge in [-0.3, -0.25) is 4.79 Å². The molecule has 0 spiro atoms. The van der Waals surface area contributed by atoms with Crippen molar-refractivity contribution in [1.29, 1.82) is 0 Å². The summed E-state index contributed by atoms with van der Waals surface area (Å²) in [5, 5.41) is 4.19. The molecular weight excluding hydrogens is 306 g/mol. The molecular formula is C15H12ClN3OS. The Balaban J connectivity index is 1.90. The number of anilines is 2. The molecule has 0 atom stereocenters. The summed E-state index contributed by atoms with van der Waals surface area (Å²) in [4.78, 5) is 16.7. The number of amides is 1. The molecule has 2 aromatic carbocycles. The molecule has 1 aromatic heterocycles. The lowest BCUT2D eigenvalue weighted by Gasteiger charge is -2.07. The van der Waals surface area contributed by atoms with E-state index in [-0.39, 0.29) is 5.91 Å². The van der Waals surface area contributed by atoms with Crippen LogP contribution in [0.15, 0.2) is 36.4 Å². The number of thiazole rings is 1. The molecule has 21 heavy (non-hydrogen) atoms. The quantitative estimate of drug-likeness (QED) is 0.699. The van der Waals surface area contributed by atoms with Gasteiger partial charge in [-0.05, 0) is 43.3 Å². The first-order valence-electron chi connectivity index (χ1n) is 6.26. The van der Waals surface area contributed by atoms with Crippen LogP contribution in [-0.2, 0) is 0 Å². The maximum absolute atomic E-state index is 12.3. The van der Waals surface area contributed by atoms with Crippen LogP contribution in [0.4, 0.5) is 11.4 Å². The minimum Gasteiger partial charge on any atom is -0.399 e. The van der Waals surface area contributed by atoms with E-state index in [4.69, 9.17) is 17.3 Å². The van der Waals surface area contributed by atoms with Gasteiger partial charge in [-0.2, -0.15) is 0 Å². The van der Waals surface area contributed by atoms with E-state index in [0.29, 0.717) is 22.0 Å². The van der Waals surface area contributed by atoms with Crippen LogP contribution >= 0.6 is 22.9 Å². The fraction of sp³-hybridized carbons (Fsp3) is 0.0667. The number of hydrogen-bond donors (Lipinski definition) is 2. The lowest BCUT2D eigenvalue weighted by atomic mass is 10.2. The van der Waals surface area contributed by atoms with Crippen molar-refractivity contribution in [2.75, 3.05) is 11.1 Å². The van der Waals surface area contributed by atoms with Crippen molar-refractivity contribution in [1.82, 2.24) is 4.98 Å². The van der Waals surface area contributed by atoms with Gasteiger partial charge < -0.3 is 11.1 Å². The maximum atomic E-state index is 12.3. The zero-order chi connectivity index (χ0) is 15.0.